The summed E-state index contributed by atoms with van der Waals surface area (Å²) in [4.78, 5) is 37.0. The Kier molecular flexibility index (Phi) is 4.98. The second-order valence-corrected chi connectivity index (χ2v) is 6.04. The molecule has 1 aliphatic heterocycles. The highest BCUT2D eigenvalue weighted by Gasteiger charge is 2.39. The van der Waals surface area contributed by atoms with Gasteiger partial charge in [0.1, 0.15) is 31.3 Å². The van der Waals surface area contributed by atoms with Gasteiger partial charge in [0.25, 0.3) is 5.56 Å². The van der Waals surface area contributed by atoms with E-state index in [4.69, 9.17) is 9.47 Å². The summed E-state index contributed by atoms with van der Waals surface area (Å²) in [6.07, 6.45) is 1.83. The van der Waals surface area contributed by atoms with Crippen LogP contribution < -0.4 is 11.2 Å². The molecule has 0 aromatic carbocycles. The van der Waals surface area contributed by atoms with Crippen molar-refractivity contribution < 1.29 is 18.7 Å². The third-order valence-electron chi connectivity index (χ3n) is 4.15. The zero-order valence-electron chi connectivity index (χ0n) is 14.2. The molecule has 3 heterocycles. The maximum Gasteiger partial charge on any atom is 0.330 e. The van der Waals surface area contributed by atoms with E-state index in [1.54, 1.807) is 6.92 Å². The minimum absolute atomic E-state index is 0.0571. The van der Waals surface area contributed by atoms with Gasteiger partial charge >= 0.3 is 11.7 Å². The molecule has 0 spiro atoms. The molecule has 1 fully saturated rings. The van der Waals surface area contributed by atoms with E-state index in [1.165, 1.54) is 28.6 Å². The highest BCUT2D eigenvalue weighted by atomic mass is 19.1. The van der Waals surface area contributed by atoms with Crippen LogP contribution in [0.15, 0.2) is 22.0 Å². The van der Waals surface area contributed by atoms with Crippen LogP contribution >= 0.6 is 0 Å². The molecule has 11 heteroatoms. The van der Waals surface area contributed by atoms with E-state index in [-0.39, 0.29) is 12.3 Å². The van der Waals surface area contributed by atoms with Crippen LogP contribution in [0.2, 0.25) is 0 Å². The number of hydrogen-bond donors (Lipinski definition) is 1. The van der Waals surface area contributed by atoms with Crippen molar-refractivity contribution in [2.45, 2.75) is 45.3 Å². The lowest BCUT2D eigenvalue weighted by Gasteiger charge is -2.17. The minimum Gasteiger partial charge on any atom is -0.463 e. The van der Waals surface area contributed by atoms with Crippen LogP contribution in [0.25, 0.3) is 0 Å². The van der Waals surface area contributed by atoms with Gasteiger partial charge in [-0.15, -0.1) is 5.10 Å². The van der Waals surface area contributed by atoms with Crippen molar-refractivity contribution in [1.29, 1.82) is 0 Å². The van der Waals surface area contributed by atoms with Crippen LogP contribution in [0.3, 0.4) is 0 Å². The van der Waals surface area contributed by atoms with E-state index >= 15 is 0 Å². The van der Waals surface area contributed by atoms with Crippen LogP contribution in [-0.2, 0) is 20.9 Å². The average Bonchev–Trinajstić information content (AvgIpc) is 3.22. The summed E-state index contributed by atoms with van der Waals surface area (Å²) >= 11 is 0. The number of H-pyrrole nitrogens is 1. The molecule has 0 bridgehead atoms. The Morgan fingerprint density at radius 1 is 1.46 bits per heavy atom. The number of halogens is 1. The molecule has 0 unspecified atom stereocenters. The predicted molar refractivity (Wildman–Crippen MR) is 85.1 cm³/mol. The third kappa shape index (κ3) is 3.57. The Bertz CT molecular complexity index is 920. The molecular formula is C15H18FN5O5. The Morgan fingerprint density at radius 3 is 2.88 bits per heavy atom. The number of hydrogen-bond acceptors (Lipinski definition) is 7. The van der Waals surface area contributed by atoms with Crippen LogP contribution in [0.1, 0.15) is 36.9 Å². The molecule has 2 aromatic rings. The molecular weight excluding hydrogens is 349 g/mol. The lowest BCUT2D eigenvalue weighted by atomic mass is 10.1. The minimum atomic E-state index is -0.760. The molecule has 140 valence electrons. The number of ether oxygens (including phenoxy) is 2. The highest BCUT2D eigenvalue weighted by Crippen LogP contribution is 2.36. The Morgan fingerprint density at radius 2 is 2.23 bits per heavy atom. The van der Waals surface area contributed by atoms with Gasteiger partial charge in [-0.25, -0.2) is 13.9 Å². The number of rotatable bonds is 5. The van der Waals surface area contributed by atoms with E-state index in [9.17, 15) is 18.8 Å². The molecule has 3 rings (SSSR count). The van der Waals surface area contributed by atoms with Crippen molar-refractivity contribution >= 4 is 5.97 Å². The van der Waals surface area contributed by atoms with Gasteiger partial charge in [-0.05, 0) is 6.92 Å². The molecule has 1 N–H and O–H groups in total. The number of aromatic nitrogens is 5. The van der Waals surface area contributed by atoms with Gasteiger partial charge in [0.15, 0.2) is 0 Å². The smallest absolute Gasteiger partial charge is 0.330 e. The van der Waals surface area contributed by atoms with Gasteiger partial charge in [0.2, 0.25) is 0 Å². The van der Waals surface area contributed by atoms with Crippen molar-refractivity contribution in [2.24, 2.45) is 0 Å². The van der Waals surface area contributed by atoms with Crippen LogP contribution in [-0.4, -0.2) is 43.2 Å². The molecule has 1 aliphatic rings. The van der Waals surface area contributed by atoms with E-state index in [2.05, 4.69) is 15.3 Å². The number of carbonyl (C=O) groups is 1. The van der Waals surface area contributed by atoms with Gasteiger partial charge in [0.05, 0.1) is 12.2 Å². The van der Waals surface area contributed by atoms with Gasteiger partial charge in [-0.3, -0.25) is 19.1 Å². The quantitative estimate of drug-likeness (QED) is 0.738. The van der Waals surface area contributed by atoms with Gasteiger partial charge in [0, 0.05) is 25.1 Å². The summed E-state index contributed by atoms with van der Waals surface area (Å²) in [7, 11) is 0. The molecule has 2 aromatic heterocycles. The first kappa shape index (κ1) is 18.0. The van der Waals surface area contributed by atoms with Gasteiger partial charge in [-0.2, -0.15) is 0 Å². The van der Waals surface area contributed by atoms with Crippen molar-refractivity contribution in [3.8, 4) is 0 Å². The lowest BCUT2D eigenvalue weighted by molar-refractivity contribution is -0.146. The summed E-state index contributed by atoms with van der Waals surface area (Å²) in [5, 5.41) is 7.60. The first-order valence-electron chi connectivity index (χ1n) is 7.96. The third-order valence-corrected chi connectivity index (χ3v) is 4.15. The summed E-state index contributed by atoms with van der Waals surface area (Å²) in [6.45, 7) is 2.03. The Hall–Kier alpha value is -2.82. The predicted octanol–water partition coefficient (Wildman–Crippen LogP) is -0.00208. The summed E-state index contributed by atoms with van der Waals surface area (Å²) in [5.41, 5.74) is -0.563. The second kappa shape index (κ2) is 7.20. The van der Waals surface area contributed by atoms with Crippen molar-refractivity contribution in [3.05, 3.63) is 44.5 Å². The number of esters is 1. The molecule has 26 heavy (non-hydrogen) atoms. The van der Waals surface area contributed by atoms with E-state index in [0.717, 1.165) is 0 Å². The van der Waals surface area contributed by atoms with E-state index in [1.807, 2.05) is 0 Å². The molecule has 0 amide bonds. The Labute approximate surface area is 146 Å². The normalized spacial score (nSPS) is 22.5. The standard InChI is InChI=1S/C15H18FN5O5/c1-8-5-20(15(24)17-14(8)23)13-3-11(12(26-13)7-25-9(2)22)21-6-10(4-16)18-19-21/h5-6,11-13H,3-4,7H2,1-2H3,(H,17,23,24)/t11-,12+,13+/m0/s1. The molecule has 0 saturated carbocycles. The topological polar surface area (TPSA) is 121 Å². The number of nitrogens with zero attached hydrogens (tertiary/aromatic N) is 4. The zero-order chi connectivity index (χ0) is 18.8. The lowest BCUT2D eigenvalue weighted by Crippen LogP contribution is -2.33. The van der Waals surface area contributed by atoms with Crippen molar-refractivity contribution in [2.75, 3.05) is 6.61 Å². The zero-order valence-corrected chi connectivity index (χ0v) is 14.2. The Balaban J connectivity index is 1.90. The summed E-state index contributed by atoms with van der Waals surface area (Å²) < 4.78 is 26.4. The highest BCUT2D eigenvalue weighted by molar-refractivity contribution is 5.65. The van der Waals surface area contributed by atoms with Gasteiger partial charge < -0.3 is 9.47 Å². The number of aromatic amines is 1. The number of carbonyl (C=O) groups excluding carboxylic acids is 1. The number of nitrogens with one attached hydrogen (secondary N) is 1. The fourth-order valence-corrected chi connectivity index (χ4v) is 2.85. The largest absolute Gasteiger partial charge is 0.463 e. The maximum atomic E-state index is 12.8. The van der Waals surface area contributed by atoms with Gasteiger partial charge in [-0.1, -0.05) is 5.21 Å². The monoisotopic (exact) mass is 367 g/mol. The second-order valence-electron chi connectivity index (χ2n) is 6.04. The number of alkyl halides is 1. The molecule has 3 atom stereocenters. The SMILES string of the molecule is CC(=O)OC[C@H]1O[C@@H](n2cc(C)c(=O)[nH]c2=O)C[C@@H]1n1cc(CF)nn1. The average molecular weight is 367 g/mol. The molecule has 0 aliphatic carbocycles. The van der Waals surface area contributed by atoms with E-state index in [0.29, 0.717) is 12.0 Å². The van der Waals surface area contributed by atoms with Crippen molar-refractivity contribution in [1.82, 2.24) is 24.5 Å². The van der Waals surface area contributed by atoms with Crippen LogP contribution in [0.5, 0.6) is 0 Å². The first-order chi connectivity index (χ1) is 12.4. The summed E-state index contributed by atoms with van der Waals surface area (Å²) in [5.74, 6) is -0.476. The fourth-order valence-electron chi connectivity index (χ4n) is 2.85. The van der Waals surface area contributed by atoms with Crippen LogP contribution in [0.4, 0.5) is 4.39 Å². The first-order valence-corrected chi connectivity index (χ1v) is 7.96. The maximum absolute atomic E-state index is 12.8. The van der Waals surface area contributed by atoms with Crippen LogP contribution in [0, 0.1) is 6.92 Å². The molecule has 0 radical (unpaired) electrons. The summed E-state index contributed by atoms with van der Waals surface area (Å²) in [6, 6.07) is -0.425. The van der Waals surface area contributed by atoms with Crippen molar-refractivity contribution in [3.63, 3.8) is 0 Å². The fraction of sp³-hybridized carbons (Fsp3) is 0.533. The molecule has 1 saturated heterocycles. The van der Waals surface area contributed by atoms with E-state index < -0.39 is 42.3 Å². The molecule has 10 nitrogen and oxygen atoms in total. The number of aryl methyl sites for hydroxylation is 1.